The molecule has 0 saturated carbocycles. The molecule has 3 heterocycles. The number of rotatable bonds is 3. The van der Waals surface area contributed by atoms with E-state index >= 15 is 0 Å². The van der Waals surface area contributed by atoms with Gasteiger partial charge < -0.3 is 9.84 Å². The van der Waals surface area contributed by atoms with Crippen molar-refractivity contribution in [3.05, 3.63) is 93.6 Å². The minimum atomic E-state index is -0.800. The summed E-state index contributed by atoms with van der Waals surface area (Å²) in [5.74, 6) is -0.833. The van der Waals surface area contributed by atoms with Crippen LogP contribution in [0.4, 0.5) is 5.13 Å². The Bertz CT molecular complexity index is 1630. The van der Waals surface area contributed by atoms with Crippen molar-refractivity contribution in [1.29, 1.82) is 0 Å². The van der Waals surface area contributed by atoms with Gasteiger partial charge in [0.05, 0.1) is 21.8 Å². The average molecular weight is 511 g/mol. The molecule has 2 aliphatic heterocycles. The van der Waals surface area contributed by atoms with Gasteiger partial charge in [-0.3, -0.25) is 14.5 Å². The van der Waals surface area contributed by atoms with Crippen molar-refractivity contribution < 1.29 is 19.4 Å². The van der Waals surface area contributed by atoms with Crippen LogP contribution in [0, 0.1) is 20.8 Å². The number of thiazole rings is 1. The number of fused-ring (bicyclic) bond motifs is 2. The Morgan fingerprint density at radius 3 is 2.54 bits per heavy atom. The number of ether oxygens (including phenoxy) is 1. The maximum absolute atomic E-state index is 13.5. The van der Waals surface area contributed by atoms with Crippen LogP contribution in [0.15, 0.2) is 60.2 Å². The van der Waals surface area contributed by atoms with Gasteiger partial charge in [-0.05, 0) is 74.2 Å². The number of anilines is 1. The number of nitrogens with zero attached hydrogens (tertiary/aromatic N) is 2. The number of amides is 1. The Hall–Kier alpha value is -3.97. The summed E-state index contributed by atoms with van der Waals surface area (Å²) in [7, 11) is 0. The number of carbonyl (C=O) groups is 2. The SMILES string of the molecule is Cc1ccc([C@@H]2/C(=C(\O)c3ccc4c(c3)C[C@@H](C)O4)C(=O)C(=O)N2c2nc3c(C)cc(C)cc3s2)cc1. The van der Waals surface area contributed by atoms with Crippen LogP contribution >= 0.6 is 11.3 Å². The zero-order chi connectivity index (χ0) is 26.0. The van der Waals surface area contributed by atoms with Gasteiger partial charge in [-0.25, -0.2) is 4.98 Å². The molecule has 4 aromatic rings. The Balaban J connectivity index is 1.54. The molecule has 37 heavy (non-hydrogen) atoms. The van der Waals surface area contributed by atoms with Crippen molar-refractivity contribution in [1.82, 2.24) is 4.98 Å². The van der Waals surface area contributed by atoms with E-state index in [1.54, 1.807) is 6.07 Å². The molecule has 1 aromatic heterocycles. The van der Waals surface area contributed by atoms with Crippen LogP contribution in [0.25, 0.3) is 16.0 Å². The first-order valence-corrected chi connectivity index (χ1v) is 13.1. The Kier molecular flexibility index (Phi) is 5.42. The van der Waals surface area contributed by atoms with Gasteiger partial charge in [-0.2, -0.15) is 0 Å². The van der Waals surface area contributed by atoms with Crippen molar-refractivity contribution in [2.75, 3.05) is 4.90 Å². The molecule has 6 nitrogen and oxygen atoms in total. The smallest absolute Gasteiger partial charge is 0.301 e. The molecule has 2 aliphatic rings. The standard InChI is InChI=1S/C30H26N2O4S/c1-15-5-7-19(8-6-15)26-24(27(33)20-9-10-22-21(14-20)13-18(4)36-22)28(34)29(35)32(26)30-31-25-17(3)11-16(2)12-23(25)37-30/h5-12,14,18,26,33H,13H2,1-4H3/b27-24+/t18-,26-/m1/s1. The van der Waals surface area contributed by atoms with E-state index in [0.29, 0.717) is 10.7 Å². The molecule has 3 aromatic carbocycles. The van der Waals surface area contributed by atoms with Crippen LogP contribution in [-0.4, -0.2) is 27.9 Å². The van der Waals surface area contributed by atoms with Crippen LogP contribution in [0.2, 0.25) is 0 Å². The molecule has 0 spiro atoms. The van der Waals surface area contributed by atoms with E-state index in [1.807, 2.05) is 70.2 Å². The van der Waals surface area contributed by atoms with Gasteiger partial charge in [-0.15, -0.1) is 0 Å². The fraction of sp³-hybridized carbons (Fsp3) is 0.233. The first-order valence-electron chi connectivity index (χ1n) is 12.3. The average Bonchev–Trinajstić information content (AvgIpc) is 3.52. The largest absolute Gasteiger partial charge is 0.507 e. The van der Waals surface area contributed by atoms with Gasteiger partial charge in [0.2, 0.25) is 0 Å². The predicted molar refractivity (Wildman–Crippen MR) is 145 cm³/mol. The fourth-order valence-corrected chi connectivity index (χ4v) is 6.45. The fourth-order valence-electron chi connectivity index (χ4n) is 5.28. The lowest BCUT2D eigenvalue weighted by Crippen LogP contribution is -2.29. The maximum atomic E-state index is 13.5. The van der Waals surface area contributed by atoms with E-state index in [-0.39, 0.29) is 17.4 Å². The van der Waals surface area contributed by atoms with Crippen molar-refractivity contribution in [2.24, 2.45) is 0 Å². The molecule has 1 N–H and O–H groups in total. The molecule has 0 aliphatic carbocycles. The van der Waals surface area contributed by atoms with Gasteiger partial charge in [0.15, 0.2) is 5.13 Å². The molecule has 2 atom stereocenters. The molecule has 0 radical (unpaired) electrons. The second-order valence-electron chi connectivity index (χ2n) is 9.96. The van der Waals surface area contributed by atoms with E-state index in [2.05, 4.69) is 6.07 Å². The van der Waals surface area contributed by atoms with Gasteiger partial charge in [-0.1, -0.05) is 47.2 Å². The second kappa shape index (κ2) is 8.56. The van der Waals surface area contributed by atoms with Gasteiger partial charge in [0, 0.05) is 12.0 Å². The molecule has 1 amide bonds. The number of hydrogen-bond donors (Lipinski definition) is 1. The monoisotopic (exact) mass is 510 g/mol. The lowest BCUT2D eigenvalue weighted by molar-refractivity contribution is -0.132. The van der Waals surface area contributed by atoms with Gasteiger partial charge in [0.25, 0.3) is 5.78 Å². The van der Waals surface area contributed by atoms with Crippen molar-refractivity contribution in [2.45, 2.75) is 46.3 Å². The van der Waals surface area contributed by atoms with Crippen LogP contribution < -0.4 is 9.64 Å². The van der Waals surface area contributed by atoms with Crippen molar-refractivity contribution in [3.8, 4) is 5.75 Å². The lowest BCUT2D eigenvalue weighted by Gasteiger charge is -2.23. The minimum Gasteiger partial charge on any atom is -0.507 e. The van der Waals surface area contributed by atoms with Crippen molar-refractivity contribution >= 4 is 44.1 Å². The van der Waals surface area contributed by atoms with Crippen LogP contribution in [0.1, 0.15) is 46.3 Å². The number of carbonyl (C=O) groups excluding carboxylic acids is 2. The highest BCUT2D eigenvalue weighted by Crippen LogP contribution is 2.45. The van der Waals surface area contributed by atoms with E-state index in [0.717, 1.165) is 50.2 Å². The quantitative estimate of drug-likeness (QED) is 0.203. The highest BCUT2D eigenvalue weighted by Gasteiger charge is 2.48. The lowest BCUT2D eigenvalue weighted by atomic mass is 9.94. The molecule has 0 bridgehead atoms. The first kappa shape index (κ1) is 23.4. The normalized spacial score (nSPS) is 20.5. The molecule has 0 unspecified atom stereocenters. The topological polar surface area (TPSA) is 79.7 Å². The summed E-state index contributed by atoms with van der Waals surface area (Å²) in [5.41, 5.74) is 6.23. The summed E-state index contributed by atoms with van der Waals surface area (Å²) in [6.45, 7) is 7.98. The third-order valence-corrected chi connectivity index (χ3v) is 8.03. The van der Waals surface area contributed by atoms with E-state index in [4.69, 9.17) is 9.72 Å². The third kappa shape index (κ3) is 3.81. The highest BCUT2D eigenvalue weighted by atomic mass is 32.1. The molecule has 186 valence electrons. The first-order chi connectivity index (χ1) is 17.7. The molecule has 1 saturated heterocycles. The van der Waals surface area contributed by atoms with E-state index in [1.165, 1.54) is 16.2 Å². The Morgan fingerprint density at radius 1 is 1.03 bits per heavy atom. The Morgan fingerprint density at radius 2 is 1.78 bits per heavy atom. The maximum Gasteiger partial charge on any atom is 0.301 e. The molecular formula is C30H26N2O4S. The number of benzene rings is 3. The van der Waals surface area contributed by atoms with Crippen LogP contribution in [-0.2, 0) is 16.0 Å². The number of hydrogen-bond acceptors (Lipinski definition) is 6. The zero-order valence-corrected chi connectivity index (χ0v) is 21.8. The highest BCUT2D eigenvalue weighted by molar-refractivity contribution is 7.22. The summed E-state index contributed by atoms with van der Waals surface area (Å²) in [5, 5.41) is 11.9. The van der Waals surface area contributed by atoms with Crippen molar-refractivity contribution in [3.63, 3.8) is 0 Å². The summed E-state index contributed by atoms with van der Waals surface area (Å²) in [4.78, 5) is 33.3. The summed E-state index contributed by atoms with van der Waals surface area (Å²) in [6, 6.07) is 16.3. The van der Waals surface area contributed by atoms with E-state index < -0.39 is 17.7 Å². The van der Waals surface area contributed by atoms with Gasteiger partial charge in [0.1, 0.15) is 17.6 Å². The number of aryl methyl sites for hydroxylation is 3. The van der Waals surface area contributed by atoms with Crippen LogP contribution in [0.3, 0.4) is 0 Å². The number of ketones is 1. The van der Waals surface area contributed by atoms with Gasteiger partial charge >= 0.3 is 5.91 Å². The summed E-state index contributed by atoms with van der Waals surface area (Å²) < 4.78 is 6.74. The summed E-state index contributed by atoms with van der Waals surface area (Å²) >= 11 is 1.38. The molecule has 6 rings (SSSR count). The second-order valence-corrected chi connectivity index (χ2v) is 11.0. The number of aromatic nitrogens is 1. The predicted octanol–water partition coefficient (Wildman–Crippen LogP) is 6.17. The Labute approximate surface area is 218 Å². The molecular weight excluding hydrogens is 484 g/mol. The third-order valence-electron chi connectivity index (χ3n) is 7.03. The summed E-state index contributed by atoms with van der Waals surface area (Å²) in [6.07, 6.45) is 0.771. The molecule has 7 heteroatoms. The molecule has 1 fully saturated rings. The van der Waals surface area contributed by atoms with Crippen LogP contribution in [0.5, 0.6) is 5.75 Å². The number of Topliss-reactive ketones (excluding diaryl/α,β-unsaturated/α-hetero) is 1. The number of aliphatic hydroxyl groups excluding tert-OH is 1. The van der Waals surface area contributed by atoms with E-state index in [9.17, 15) is 14.7 Å². The zero-order valence-electron chi connectivity index (χ0n) is 21.0. The number of aliphatic hydroxyl groups is 1. The minimum absolute atomic E-state index is 0.0525.